The van der Waals surface area contributed by atoms with Gasteiger partial charge in [0.15, 0.2) is 0 Å². The molecular weight excluding hydrogens is 186 g/mol. The quantitative estimate of drug-likeness (QED) is 0.683. The van der Waals surface area contributed by atoms with Crippen LogP contribution in [0.5, 0.6) is 0 Å². The van der Waals surface area contributed by atoms with Gasteiger partial charge in [-0.1, -0.05) is 11.3 Å². The number of hydrogen-bond acceptors (Lipinski definition) is 5. The smallest absolute Gasteiger partial charge is 0.205 e. The van der Waals surface area contributed by atoms with E-state index in [1.54, 1.807) is 11.3 Å². The second-order valence-corrected chi connectivity index (χ2v) is 4.02. The fraction of sp³-hybridized carbons (Fsp3) is 0.750. The van der Waals surface area contributed by atoms with Crippen molar-refractivity contribution < 1.29 is 5.11 Å². The molecule has 74 valence electrons. The highest BCUT2D eigenvalue weighted by molar-refractivity contribution is 7.15. The minimum atomic E-state index is 0.290. The number of nitrogens with zero attached hydrogens (tertiary/aromatic N) is 2. The van der Waals surface area contributed by atoms with Crippen LogP contribution in [-0.2, 0) is 0 Å². The summed E-state index contributed by atoms with van der Waals surface area (Å²) in [6, 6.07) is 0. The Morgan fingerprint density at radius 3 is 2.77 bits per heavy atom. The average Bonchev–Trinajstić information content (AvgIpc) is 2.51. The van der Waals surface area contributed by atoms with Crippen molar-refractivity contribution in [2.24, 2.45) is 0 Å². The van der Waals surface area contributed by atoms with Crippen LogP contribution in [-0.4, -0.2) is 28.5 Å². The first kappa shape index (κ1) is 10.4. The molecule has 0 bridgehead atoms. The van der Waals surface area contributed by atoms with Crippen molar-refractivity contribution >= 4 is 16.5 Å². The Balaban J connectivity index is 2.06. The monoisotopic (exact) mass is 201 g/mol. The molecule has 0 fully saturated rings. The lowest BCUT2D eigenvalue weighted by atomic mass is 10.2. The standard InChI is InChI=1S/C8H15N3OS/c1-7-10-11-8(13-7)9-5-3-2-4-6-12/h12H,2-6H2,1H3,(H,9,11). The minimum absolute atomic E-state index is 0.290. The molecule has 0 spiro atoms. The van der Waals surface area contributed by atoms with Crippen LogP contribution in [0.4, 0.5) is 5.13 Å². The molecule has 13 heavy (non-hydrogen) atoms. The second-order valence-electron chi connectivity index (χ2n) is 2.84. The number of rotatable bonds is 6. The molecule has 0 aromatic carbocycles. The predicted octanol–water partition coefficient (Wildman–Crippen LogP) is 1.42. The van der Waals surface area contributed by atoms with E-state index in [1.165, 1.54) is 0 Å². The van der Waals surface area contributed by atoms with Crippen molar-refractivity contribution in [1.29, 1.82) is 0 Å². The molecular formula is C8H15N3OS. The first-order chi connectivity index (χ1) is 6.33. The van der Waals surface area contributed by atoms with Crippen LogP contribution in [0.25, 0.3) is 0 Å². The van der Waals surface area contributed by atoms with E-state index in [-0.39, 0.29) is 6.61 Å². The van der Waals surface area contributed by atoms with Gasteiger partial charge in [0.05, 0.1) is 0 Å². The molecule has 1 aromatic rings. The molecule has 0 unspecified atom stereocenters. The third kappa shape index (κ3) is 4.19. The van der Waals surface area contributed by atoms with Gasteiger partial charge in [-0.2, -0.15) is 0 Å². The zero-order valence-corrected chi connectivity index (χ0v) is 8.60. The van der Waals surface area contributed by atoms with Crippen LogP contribution in [0.2, 0.25) is 0 Å². The summed E-state index contributed by atoms with van der Waals surface area (Å²) in [4.78, 5) is 0. The van der Waals surface area contributed by atoms with Crippen LogP contribution in [0, 0.1) is 6.92 Å². The fourth-order valence-corrected chi connectivity index (χ4v) is 1.59. The molecule has 0 saturated carbocycles. The fourth-order valence-electron chi connectivity index (χ4n) is 0.977. The van der Waals surface area contributed by atoms with E-state index in [4.69, 9.17) is 5.11 Å². The Morgan fingerprint density at radius 1 is 1.31 bits per heavy atom. The molecule has 2 N–H and O–H groups in total. The highest BCUT2D eigenvalue weighted by Gasteiger charge is 1.97. The molecule has 4 nitrogen and oxygen atoms in total. The Morgan fingerprint density at radius 2 is 2.15 bits per heavy atom. The number of hydrogen-bond donors (Lipinski definition) is 2. The number of aliphatic hydroxyl groups is 1. The van der Waals surface area contributed by atoms with Crippen LogP contribution in [0.3, 0.4) is 0 Å². The zero-order valence-electron chi connectivity index (χ0n) is 7.79. The topological polar surface area (TPSA) is 58.0 Å². The van der Waals surface area contributed by atoms with Crippen molar-refractivity contribution in [2.75, 3.05) is 18.5 Å². The molecule has 0 aliphatic rings. The number of aryl methyl sites for hydroxylation is 1. The predicted molar refractivity (Wildman–Crippen MR) is 54.1 cm³/mol. The summed E-state index contributed by atoms with van der Waals surface area (Å²) in [5.74, 6) is 0. The molecule has 0 aliphatic heterocycles. The van der Waals surface area contributed by atoms with Crippen molar-refractivity contribution in [2.45, 2.75) is 26.2 Å². The first-order valence-corrected chi connectivity index (χ1v) is 5.29. The number of anilines is 1. The van der Waals surface area contributed by atoms with Gasteiger partial charge in [0.2, 0.25) is 5.13 Å². The van der Waals surface area contributed by atoms with E-state index in [1.807, 2.05) is 6.92 Å². The number of aromatic nitrogens is 2. The minimum Gasteiger partial charge on any atom is -0.396 e. The maximum atomic E-state index is 8.55. The van der Waals surface area contributed by atoms with Crippen molar-refractivity contribution in [1.82, 2.24) is 10.2 Å². The molecule has 0 aliphatic carbocycles. The SMILES string of the molecule is Cc1nnc(NCCCCCO)s1. The van der Waals surface area contributed by atoms with Crippen molar-refractivity contribution in [3.05, 3.63) is 5.01 Å². The summed E-state index contributed by atoms with van der Waals surface area (Å²) in [5, 5.41) is 21.4. The van der Waals surface area contributed by atoms with E-state index >= 15 is 0 Å². The number of nitrogens with one attached hydrogen (secondary N) is 1. The van der Waals surface area contributed by atoms with Crippen molar-refractivity contribution in [3.8, 4) is 0 Å². The maximum Gasteiger partial charge on any atom is 0.205 e. The Hall–Kier alpha value is -0.680. The van der Waals surface area contributed by atoms with E-state index in [2.05, 4.69) is 15.5 Å². The molecule has 0 radical (unpaired) electrons. The zero-order chi connectivity index (χ0) is 9.52. The number of unbranched alkanes of at least 4 members (excludes halogenated alkanes) is 2. The summed E-state index contributed by atoms with van der Waals surface area (Å²) in [6.07, 6.45) is 3.01. The van der Waals surface area contributed by atoms with Gasteiger partial charge >= 0.3 is 0 Å². The van der Waals surface area contributed by atoms with Crippen LogP contribution in [0.15, 0.2) is 0 Å². The van der Waals surface area contributed by atoms with Crippen LogP contribution < -0.4 is 5.32 Å². The van der Waals surface area contributed by atoms with E-state index in [9.17, 15) is 0 Å². The lowest BCUT2D eigenvalue weighted by Crippen LogP contribution is -2.01. The molecule has 0 amide bonds. The summed E-state index contributed by atoms with van der Waals surface area (Å²) in [7, 11) is 0. The van der Waals surface area contributed by atoms with Crippen LogP contribution in [0.1, 0.15) is 24.3 Å². The summed E-state index contributed by atoms with van der Waals surface area (Å²) in [6.45, 7) is 3.14. The number of aliphatic hydroxyl groups excluding tert-OH is 1. The summed E-state index contributed by atoms with van der Waals surface area (Å²) in [5.41, 5.74) is 0. The van der Waals surface area contributed by atoms with Crippen LogP contribution >= 0.6 is 11.3 Å². The summed E-state index contributed by atoms with van der Waals surface area (Å²) >= 11 is 1.57. The van der Waals surface area contributed by atoms with Gasteiger partial charge in [0.25, 0.3) is 0 Å². The molecule has 0 atom stereocenters. The largest absolute Gasteiger partial charge is 0.396 e. The maximum absolute atomic E-state index is 8.55. The average molecular weight is 201 g/mol. The Bertz CT molecular complexity index is 239. The van der Waals surface area contributed by atoms with Gasteiger partial charge in [0, 0.05) is 13.2 Å². The Kier molecular flexibility index (Phi) is 4.70. The van der Waals surface area contributed by atoms with Gasteiger partial charge in [-0.15, -0.1) is 10.2 Å². The molecule has 0 saturated heterocycles. The lowest BCUT2D eigenvalue weighted by Gasteiger charge is -1.99. The Labute approximate surface area is 82.0 Å². The van der Waals surface area contributed by atoms with E-state index < -0.39 is 0 Å². The normalized spacial score (nSPS) is 10.3. The highest BCUT2D eigenvalue weighted by Crippen LogP contribution is 2.13. The van der Waals surface area contributed by atoms with Crippen molar-refractivity contribution in [3.63, 3.8) is 0 Å². The lowest BCUT2D eigenvalue weighted by molar-refractivity contribution is 0.283. The third-order valence-electron chi connectivity index (χ3n) is 1.64. The molecule has 5 heteroatoms. The first-order valence-electron chi connectivity index (χ1n) is 4.48. The molecule has 1 rings (SSSR count). The van der Waals surface area contributed by atoms with Gasteiger partial charge in [-0.3, -0.25) is 0 Å². The molecule has 1 aromatic heterocycles. The second kappa shape index (κ2) is 5.88. The van der Waals surface area contributed by atoms with E-state index in [0.717, 1.165) is 35.9 Å². The molecule has 1 heterocycles. The highest BCUT2D eigenvalue weighted by atomic mass is 32.1. The van der Waals surface area contributed by atoms with Gasteiger partial charge < -0.3 is 10.4 Å². The third-order valence-corrected chi connectivity index (χ3v) is 2.43. The summed E-state index contributed by atoms with van der Waals surface area (Å²) < 4.78 is 0. The van der Waals surface area contributed by atoms with Gasteiger partial charge in [-0.25, -0.2) is 0 Å². The van der Waals surface area contributed by atoms with Gasteiger partial charge in [-0.05, 0) is 26.2 Å². The van der Waals surface area contributed by atoms with Gasteiger partial charge in [0.1, 0.15) is 5.01 Å². The van der Waals surface area contributed by atoms with E-state index in [0.29, 0.717) is 0 Å².